The fourth-order valence-electron chi connectivity index (χ4n) is 11.4. The minimum atomic E-state index is -0.638. The largest absolute Gasteiger partial charge is 0.310 e. The Morgan fingerprint density at radius 2 is 0.776 bits per heavy atom. The summed E-state index contributed by atoms with van der Waals surface area (Å²) in [4.78, 5) is 4.56. The lowest BCUT2D eigenvalue weighted by molar-refractivity contribution is 0.809. The number of para-hydroxylation sites is 2. The first-order valence-electron chi connectivity index (χ1n) is 22.6. The van der Waals surface area contributed by atoms with Crippen LogP contribution in [0.25, 0.3) is 54.6 Å². The van der Waals surface area contributed by atoms with E-state index in [-0.39, 0.29) is 0 Å². The van der Waals surface area contributed by atoms with Gasteiger partial charge >= 0.3 is 0 Å². The van der Waals surface area contributed by atoms with Gasteiger partial charge in [-0.1, -0.05) is 133 Å². The van der Waals surface area contributed by atoms with E-state index in [4.69, 9.17) is 0 Å². The number of anilines is 6. The van der Waals surface area contributed by atoms with Gasteiger partial charge in [-0.2, -0.15) is 10.5 Å². The van der Waals surface area contributed by atoms with E-state index in [1.807, 2.05) is 60.7 Å². The summed E-state index contributed by atoms with van der Waals surface area (Å²) in [6, 6.07) is 86.9. The summed E-state index contributed by atoms with van der Waals surface area (Å²) in [6.07, 6.45) is 0. The minimum Gasteiger partial charge on any atom is -0.310 e. The fourth-order valence-corrected chi connectivity index (χ4v) is 11.4. The molecule has 4 nitrogen and oxygen atoms in total. The van der Waals surface area contributed by atoms with Crippen LogP contribution in [-0.2, 0) is 5.41 Å². The van der Waals surface area contributed by atoms with E-state index in [9.17, 15) is 10.5 Å². The molecule has 4 heteroatoms. The van der Waals surface area contributed by atoms with Gasteiger partial charge in [-0.25, -0.2) is 0 Å². The van der Waals surface area contributed by atoms with Gasteiger partial charge in [0.25, 0.3) is 0 Å². The molecule has 0 aliphatic heterocycles. The van der Waals surface area contributed by atoms with E-state index in [1.54, 1.807) is 0 Å². The fraction of sp³-hybridized carbons (Fsp3) is 0.0159. The predicted molar refractivity (Wildman–Crippen MR) is 274 cm³/mol. The van der Waals surface area contributed by atoms with Crippen LogP contribution in [0.4, 0.5) is 34.1 Å². The summed E-state index contributed by atoms with van der Waals surface area (Å²) in [6.45, 7) is 0. The van der Waals surface area contributed by atoms with Crippen LogP contribution in [0.15, 0.2) is 231 Å². The maximum Gasteiger partial charge on any atom is 0.0991 e. The van der Waals surface area contributed by atoms with Gasteiger partial charge in [-0.05, 0) is 174 Å². The Balaban J connectivity index is 1.11. The molecule has 0 saturated carbocycles. The van der Waals surface area contributed by atoms with Gasteiger partial charge in [0.2, 0.25) is 0 Å². The molecule has 0 N–H and O–H groups in total. The lowest BCUT2D eigenvalue weighted by Crippen LogP contribution is -2.26. The molecule has 310 valence electrons. The first kappa shape index (κ1) is 38.3. The first-order valence-corrected chi connectivity index (χ1v) is 22.6. The molecular weight excluding hydrogens is 813 g/mol. The number of hydrogen-bond donors (Lipinski definition) is 0. The van der Waals surface area contributed by atoms with Crippen molar-refractivity contribution in [2.75, 3.05) is 9.80 Å². The number of benzene rings is 11. The van der Waals surface area contributed by atoms with Crippen LogP contribution in [0.5, 0.6) is 0 Å². The topological polar surface area (TPSA) is 54.1 Å². The molecule has 11 aromatic carbocycles. The second kappa shape index (κ2) is 14.9. The monoisotopic (exact) mass is 850 g/mol. The van der Waals surface area contributed by atoms with E-state index in [0.29, 0.717) is 11.1 Å². The molecular formula is C63H38N4. The van der Waals surface area contributed by atoms with Crippen molar-refractivity contribution in [3.63, 3.8) is 0 Å². The molecule has 0 saturated heterocycles. The van der Waals surface area contributed by atoms with E-state index < -0.39 is 5.41 Å². The molecule has 2 aliphatic carbocycles. The van der Waals surface area contributed by atoms with Gasteiger partial charge in [0.05, 0.1) is 28.7 Å². The van der Waals surface area contributed by atoms with Gasteiger partial charge in [0.15, 0.2) is 0 Å². The van der Waals surface area contributed by atoms with Crippen LogP contribution in [0.1, 0.15) is 33.4 Å². The number of hydrogen-bond acceptors (Lipinski definition) is 4. The Bertz CT molecular complexity index is 3830. The second-order valence-corrected chi connectivity index (χ2v) is 17.4. The Hall–Kier alpha value is -9.22. The normalized spacial score (nSPS) is 12.6. The molecule has 1 spiro atoms. The van der Waals surface area contributed by atoms with Crippen molar-refractivity contribution in [2.45, 2.75) is 5.41 Å². The second-order valence-electron chi connectivity index (χ2n) is 17.4. The highest BCUT2D eigenvalue weighted by Crippen LogP contribution is 2.67. The molecule has 0 fully saturated rings. The van der Waals surface area contributed by atoms with E-state index in [0.717, 1.165) is 39.5 Å². The van der Waals surface area contributed by atoms with Crippen molar-refractivity contribution in [3.8, 4) is 34.4 Å². The van der Waals surface area contributed by atoms with Gasteiger partial charge < -0.3 is 9.80 Å². The molecule has 67 heavy (non-hydrogen) atoms. The van der Waals surface area contributed by atoms with Crippen molar-refractivity contribution in [1.82, 2.24) is 0 Å². The molecule has 0 amide bonds. The van der Waals surface area contributed by atoms with Crippen LogP contribution >= 0.6 is 0 Å². The van der Waals surface area contributed by atoms with Crippen molar-refractivity contribution >= 4 is 66.4 Å². The maximum atomic E-state index is 9.69. The molecule has 11 aromatic rings. The quantitative estimate of drug-likeness (QED) is 0.156. The third-order valence-corrected chi connectivity index (χ3v) is 14.0. The third kappa shape index (κ3) is 5.58. The standard InChI is InChI=1S/C63H38N4/c64-39-41-23-28-46(29-24-41)66(44-13-3-1-4-14-44)48-32-35-50-43(37-48)27-34-56-60-54-20-8-7-17-51(54)57-38-49(67(45-15-5-2-6-16-45)47-30-25-42(40-65)26-31-47)33-36-55(57)62(60)63(61(50)56)58-21-11-9-18-52(58)53-19-10-12-22-59(53)63/h1-38H. The van der Waals surface area contributed by atoms with Crippen LogP contribution in [0, 0.1) is 22.7 Å². The Kier molecular flexibility index (Phi) is 8.52. The molecule has 0 aromatic heterocycles. The van der Waals surface area contributed by atoms with Crippen molar-refractivity contribution in [2.24, 2.45) is 0 Å². The van der Waals surface area contributed by atoms with Gasteiger partial charge in [0, 0.05) is 34.1 Å². The third-order valence-electron chi connectivity index (χ3n) is 14.0. The van der Waals surface area contributed by atoms with Gasteiger partial charge in [0.1, 0.15) is 0 Å². The van der Waals surface area contributed by atoms with Crippen LogP contribution < -0.4 is 9.80 Å². The zero-order valence-electron chi connectivity index (χ0n) is 36.2. The average Bonchev–Trinajstić information content (AvgIpc) is 3.88. The smallest absolute Gasteiger partial charge is 0.0991 e. The lowest BCUT2D eigenvalue weighted by atomic mass is 9.68. The molecule has 0 radical (unpaired) electrons. The maximum absolute atomic E-state index is 9.69. The Morgan fingerprint density at radius 1 is 0.313 bits per heavy atom. The summed E-state index contributed by atoms with van der Waals surface area (Å²) < 4.78 is 0. The Morgan fingerprint density at radius 3 is 1.34 bits per heavy atom. The number of fused-ring (bicyclic) bond motifs is 17. The molecule has 0 heterocycles. The highest BCUT2D eigenvalue weighted by molar-refractivity contribution is 6.22. The van der Waals surface area contributed by atoms with Crippen molar-refractivity contribution < 1.29 is 0 Å². The van der Waals surface area contributed by atoms with Crippen LogP contribution in [0.2, 0.25) is 0 Å². The summed E-state index contributed by atoms with van der Waals surface area (Å²) in [5.41, 5.74) is 17.0. The van der Waals surface area contributed by atoms with Gasteiger partial charge in [-0.15, -0.1) is 0 Å². The summed E-state index contributed by atoms with van der Waals surface area (Å²) in [7, 11) is 0. The van der Waals surface area contributed by atoms with E-state index in [2.05, 4.69) is 192 Å². The van der Waals surface area contributed by atoms with Crippen molar-refractivity contribution in [3.05, 3.63) is 264 Å². The molecule has 0 unspecified atom stereocenters. The van der Waals surface area contributed by atoms with Crippen molar-refractivity contribution in [1.29, 1.82) is 10.5 Å². The summed E-state index contributed by atoms with van der Waals surface area (Å²) in [5, 5.41) is 26.5. The van der Waals surface area contributed by atoms with Crippen LogP contribution in [-0.4, -0.2) is 0 Å². The zero-order chi connectivity index (χ0) is 44.6. The zero-order valence-corrected chi connectivity index (χ0v) is 36.2. The van der Waals surface area contributed by atoms with E-state index in [1.165, 1.54) is 71.4 Å². The number of rotatable bonds is 6. The average molecular weight is 851 g/mol. The molecule has 13 rings (SSSR count). The molecule has 0 bridgehead atoms. The SMILES string of the molecule is N#Cc1ccc(N(c2ccccc2)c2ccc3c4c(ccc3c2)-c2c(c3ccc(N(c5ccccc5)c5ccc(C#N)cc5)cc3c3ccccc23)C42c3ccccc3-c3ccccc32)cc1. The minimum absolute atomic E-state index is 0.627. The number of nitriles is 2. The number of nitrogens with zero attached hydrogens (tertiary/aromatic N) is 4. The Labute approximate surface area is 388 Å². The van der Waals surface area contributed by atoms with Gasteiger partial charge in [-0.3, -0.25) is 0 Å². The molecule has 0 atom stereocenters. The summed E-state index contributed by atoms with van der Waals surface area (Å²) in [5.74, 6) is 0. The first-order chi connectivity index (χ1) is 33.1. The predicted octanol–water partition coefficient (Wildman–Crippen LogP) is 16.2. The van der Waals surface area contributed by atoms with Crippen LogP contribution in [0.3, 0.4) is 0 Å². The summed E-state index contributed by atoms with van der Waals surface area (Å²) >= 11 is 0. The lowest BCUT2D eigenvalue weighted by Gasteiger charge is -2.33. The highest BCUT2D eigenvalue weighted by Gasteiger charge is 2.53. The molecule has 2 aliphatic rings. The highest BCUT2D eigenvalue weighted by atomic mass is 15.1. The van der Waals surface area contributed by atoms with E-state index >= 15 is 0 Å².